The summed E-state index contributed by atoms with van der Waals surface area (Å²) >= 11 is 0. The van der Waals surface area contributed by atoms with Crippen LogP contribution in [0.3, 0.4) is 0 Å². The second-order valence-electron chi connectivity index (χ2n) is 3.93. The van der Waals surface area contributed by atoms with Crippen LogP contribution in [0.2, 0.25) is 0 Å². The molecule has 1 aromatic carbocycles. The summed E-state index contributed by atoms with van der Waals surface area (Å²) in [6.07, 6.45) is 1.03. The van der Waals surface area contributed by atoms with Crippen LogP contribution in [0.15, 0.2) is 24.3 Å². The molecule has 0 aliphatic heterocycles. The molecule has 0 bridgehead atoms. The zero-order valence-electron chi connectivity index (χ0n) is 11.2. The van der Waals surface area contributed by atoms with Crippen LogP contribution in [-0.2, 0) is 4.74 Å². The molecule has 0 heterocycles. The zero-order valence-corrected chi connectivity index (χ0v) is 11.2. The molecule has 0 unspecified atom stereocenters. The van der Waals surface area contributed by atoms with Crippen LogP contribution in [0.5, 0.6) is 0 Å². The molecule has 18 heavy (non-hydrogen) atoms. The van der Waals surface area contributed by atoms with Gasteiger partial charge in [0.2, 0.25) is 0 Å². The average Bonchev–Trinajstić information content (AvgIpc) is 2.41. The molecular weight excluding hydrogens is 228 g/mol. The van der Waals surface area contributed by atoms with Crippen molar-refractivity contribution in [2.75, 3.05) is 31.6 Å². The van der Waals surface area contributed by atoms with Crippen LogP contribution in [0.1, 0.15) is 30.6 Å². The Morgan fingerprint density at radius 1 is 1.22 bits per heavy atom. The molecule has 100 valence electrons. The van der Waals surface area contributed by atoms with Crippen LogP contribution < -0.4 is 10.6 Å². The van der Waals surface area contributed by atoms with Crippen LogP contribution in [0.25, 0.3) is 0 Å². The number of nitrogens with one attached hydrogen (secondary N) is 2. The van der Waals surface area contributed by atoms with Crippen LogP contribution in [-0.4, -0.2) is 32.2 Å². The number of carbonyl (C=O) groups excluding carboxylic acids is 1. The van der Waals surface area contributed by atoms with E-state index in [1.54, 1.807) is 0 Å². The van der Waals surface area contributed by atoms with E-state index < -0.39 is 0 Å². The molecule has 0 saturated heterocycles. The van der Waals surface area contributed by atoms with E-state index in [9.17, 15) is 4.79 Å². The molecule has 0 saturated carbocycles. The lowest BCUT2D eigenvalue weighted by Crippen LogP contribution is -2.28. The molecule has 1 aromatic rings. The number of anilines is 1. The molecule has 0 radical (unpaired) electrons. The fourth-order valence-electron chi connectivity index (χ4n) is 1.57. The van der Waals surface area contributed by atoms with Gasteiger partial charge in [-0.3, -0.25) is 4.79 Å². The first kappa shape index (κ1) is 14.5. The molecule has 2 N–H and O–H groups in total. The van der Waals surface area contributed by atoms with Gasteiger partial charge in [-0.2, -0.15) is 0 Å². The van der Waals surface area contributed by atoms with E-state index in [2.05, 4.69) is 17.6 Å². The third kappa shape index (κ3) is 4.75. The van der Waals surface area contributed by atoms with Gasteiger partial charge in [-0.05, 0) is 25.5 Å². The van der Waals surface area contributed by atoms with Gasteiger partial charge >= 0.3 is 0 Å². The molecule has 0 fully saturated rings. The summed E-state index contributed by atoms with van der Waals surface area (Å²) in [5.74, 6) is -0.0612. The molecule has 0 atom stereocenters. The second kappa shape index (κ2) is 8.53. The van der Waals surface area contributed by atoms with Crippen molar-refractivity contribution in [2.45, 2.75) is 20.3 Å². The summed E-state index contributed by atoms with van der Waals surface area (Å²) in [6.45, 7) is 6.65. The molecule has 0 aliphatic carbocycles. The normalized spacial score (nSPS) is 10.1. The van der Waals surface area contributed by atoms with Gasteiger partial charge in [0, 0.05) is 25.4 Å². The van der Waals surface area contributed by atoms with Crippen molar-refractivity contribution < 1.29 is 9.53 Å². The Labute approximate surface area is 109 Å². The van der Waals surface area contributed by atoms with Crippen molar-refractivity contribution in [3.8, 4) is 0 Å². The van der Waals surface area contributed by atoms with E-state index in [4.69, 9.17) is 4.74 Å². The Kier molecular flexibility index (Phi) is 6.87. The van der Waals surface area contributed by atoms with Crippen molar-refractivity contribution in [1.82, 2.24) is 5.32 Å². The minimum Gasteiger partial charge on any atom is -0.384 e. The summed E-state index contributed by atoms with van der Waals surface area (Å²) in [6, 6.07) is 7.55. The van der Waals surface area contributed by atoms with Gasteiger partial charge in [-0.15, -0.1) is 0 Å². The number of ether oxygens (including phenoxy) is 1. The van der Waals surface area contributed by atoms with Crippen LogP contribution in [0, 0.1) is 0 Å². The maximum absolute atomic E-state index is 12.0. The lowest BCUT2D eigenvalue weighted by molar-refractivity contribution is 0.0923. The molecule has 1 rings (SSSR count). The van der Waals surface area contributed by atoms with Crippen molar-refractivity contribution >= 4 is 11.6 Å². The SMILES string of the molecule is CCCNc1ccccc1C(=O)NCCOCC. The molecule has 0 aromatic heterocycles. The Balaban J connectivity index is 2.55. The number of para-hydroxylation sites is 1. The lowest BCUT2D eigenvalue weighted by atomic mass is 10.1. The number of hydrogen-bond acceptors (Lipinski definition) is 3. The highest BCUT2D eigenvalue weighted by Gasteiger charge is 2.09. The minimum atomic E-state index is -0.0612. The van der Waals surface area contributed by atoms with E-state index in [0.29, 0.717) is 25.3 Å². The third-order valence-electron chi connectivity index (χ3n) is 2.47. The first-order chi connectivity index (χ1) is 8.79. The monoisotopic (exact) mass is 250 g/mol. The second-order valence-corrected chi connectivity index (χ2v) is 3.93. The maximum atomic E-state index is 12.0. The Bertz CT molecular complexity index is 367. The Hall–Kier alpha value is -1.55. The highest BCUT2D eigenvalue weighted by atomic mass is 16.5. The topological polar surface area (TPSA) is 50.4 Å². The largest absolute Gasteiger partial charge is 0.384 e. The smallest absolute Gasteiger partial charge is 0.253 e. The van der Waals surface area contributed by atoms with Gasteiger partial charge in [0.1, 0.15) is 0 Å². The number of carbonyl (C=O) groups is 1. The summed E-state index contributed by atoms with van der Waals surface area (Å²) in [5.41, 5.74) is 1.57. The van der Waals surface area contributed by atoms with Crippen molar-refractivity contribution in [3.63, 3.8) is 0 Å². The third-order valence-corrected chi connectivity index (χ3v) is 2.47. The zero-order chi connectivity index (χ0) is 13.2. The number of hydrogen-bond donors (Lipinski definition) is 2. The molecule has 4 heteroatoms. The quantitative estimate of drug-likeness (QED) is 0.696. The predicted molar refractivity (Wildman–Crippen MR) is 74.0 cm³/mol. The van der Waals surface area contributed by atoms with Gasteiger partial charge in [-0.1, -0.05) is 19.1 Å². The summed E-state index contributed by atoms with van der Waals surface area (Å²) in [5, 5.41) is 6.10. The van der Waals surface area contributed by atoms with E-state index >= 15 is 0 Å². The number of amides is 1. The number of rotatable bonds is 8. The van der Waals surface area contributed by atoms with E-state index in [-0.39, 0.29) is 5.91 Å². The number of benzene rings is 1. The first-order valence-electron chi connectivity index (χ1n) is 6.48. The van der Waals surface area contributed by atoms with Gasteiger partial charge in [0.15, 0.2) is 0 Å². The van der Waals surface area contributed by atoms with Crippen LogP contribution >= 0.6 is 0 Å². The fraction of sp³-hybridized carbons (Fsp3) is 0.500. The van der Waals surface area contributed by atoms with Crippen molar-refractivity contribution in [3.05, 3.63) is 29.8 Å². The predicted octanol–water partition coefficient (Wildman–Crippen LogP) is 2.27. The maximum Gasteiger partial charge on any atom is 0.253 e. The van der Waals surface area contributed by atoms with Gasteiger partial charge in [0.25, 0.3) is 5.91 Å². The molecule has 0 spiro atoms. The Morgan fingerprint density at radius 2 is 2.00 bits per heavy atom. The minimum absolute atomic E-state index is 0.0612. The summed E-state index contributed by atoms with van der Waals surface area (Å²) in [7, 11) is 0. The molecule has 1 amide bonds. The molecular formula is C14H22N2O2. The average molecular weight is 250 g/mol. The van der Waals surface area contributed by atoms with E-state index in [1.165, 1.54) is 0 Å². The summed E-state index contributed by atoms with van der Waals surface area (Å²) in [4.78, 5) is 12.0. The van der Waals surface area contributed by atoms with E-state index in [0.717, 1.165) is 18.7 Å². The highest BCUT2D eigenvalue weighted by molar-refractivity contribution is 5.99. The van der Waals surface area contributed by atoms with Gasteiger partial charge in [-0.25, -0.2) is 0 Å². The van der Waals surface area contributed by atoms with Crippen molar-refractivity contribution in [2.24, 2.45) is 0 Å². The lowest BCUT2D eigenvalue weighted by Gasteiger charge is -2.11. The van der Waals surface area contributed by atoms with Crippen molar-refractivity contribution in [1.29, 1.82) is 0 Å². The van der Waals surface area contributed by atoms with E-state index in [1.807, 2.05) is 31.2 Å². The highest BCUT2D eigenvalue weighted by Crippen LogP contribution is 2.14. The molecule has 4 nitrogen and oxygen atoms in total. The Morgan fingerprint density at radius 3 is 2.72 bits per heavy atom. The van der Waals surface area contributed by atoms with Gasteiger partial charge in [0.05, 0.1) is 12.2 Å². The summed E-state index contributed by atoms with van der Waals surface area (Å²) < 4.78 is 5.18. The first-order valence-corrected chi connectivity index (χ1v) is 6.48. The fourth-order valence-corrected chi connectivity index (χ4v) is 1.57. The van der Waals surface area contributed by atoms with Gasteiger partial charge < -0.3 is 15.4 Å². The van der Waals surface area contributed by atoms with Crippen LogP contribution in [0.4, 0.5) is 5.69 Å². The standard InChI is InChI=1S/C14H22N2O2/c1-3-9-15-13-8-6-5-7-12(13)14(17)16-10-11-18-4-2/h5-8,15H,3-4,9-11H2,1-2H3,(H,16,17). The molecule has 0 aliphatic rings.